The highest BCUT2D eigenvalue weighted by atomic mass is 16.2. The number of aromatic nitrogens is 1. The Hall–Kier alpha value is -2.94. The molecule has 3 nitrogen and oxygen atoms in total. The van der Waals surface area contributed by atoms with Crippen molar-refractivity contribution in [2.24, 2.45) is 0 Å². The smallest absolute Gasteiger partial charge is 0.246 e. The zero-order chi connectivity index (χ0) is 16.8. The minimum atomic E-state index is -0.00105. The molecule has 0 N–H and O–H groups in total. The van der Waals surface area contributed by atoms with Crippen molar-refractivity contribution in [1.82, 2.24) is 9.88 Å². The number of likely N-dealkylation sites (N-methyl/N-ethyl adjacent to an activating group) is 1. The standard InChI is InChI=1S/C21H20N2O/c1-23(16-14-19-10-4-5-15-22-19)21(24)13-12-18-9-6-8-17-7-2-3-11-20(17)18/h2-13,15H,14,16H2,1H3/b13-12+. The number of nitrogens with zero attached hydrogens (tertiary/aromatic N) is 2. The van der Waals surface area contributed by atoms with Gasteiger partial charge in [0.05, 0.1) is 0 Å². The number of hydrogen-bond acceptors (Lipinski definition) is 2. The third-order valence-electron chi connectivity index (χ3n) is 4.03. The molecule has 0 saturated heterocycles. The van der Waals surface area contributed by atoms with E-state index in [4.69, 9.17) is 0 Å². The summed E-state index contributed by atoms with van der Waals surface area (Å²) in [5, 5.41) is 2.33. The zero-order valence-corrected chi connectivity index (χ0v) is 13.7. The minimum Gasteiger partial charge on any atom is -0.342 e. The molecule has 120 valence electrons. The van der Waals surface area contributed by atoms with Crippen LogP contribution in [0.3, 0.4) is 0 Å². The van der Waals surface area contributed by atoms with Gasteiger partial charge < -0.3 is 4.90 Å². The van der Waals surface area contributed by atoms with E-state index in [0.29, 0.717) is 6.54 Å². The molecule has 0 fully saturated rings. The molecule has 0 saturated carbocycles. The van der Waals surface area contributed by atoms with Gasteiger partial charge in [-0.2, -0.15) is 0 Å². The van der Waals surface area contributed by atoms with Crippen LogP contribution >= 0.6 is 0 Å². The highest BCUT2D eigenvalue weighted by Gasteiger charge is 2.06. The fraction of sp³-hybridized carbons (Fsp3) is 0.143. The number of hydrogen-bond donors (Lipinski definition) is 0. The Morgan fingerprint density at radius 3 is 2.67 bits per heavy atom. The lowest BCUT2D eigenvalue weighted by Gasteiger charge is -2.14. The van der Waals surface area contributed by atoms with E-state index in [1.54, 1.807) is 17.2 Å². The number of benzene rings is 2. The van der Waals surface area contributed by atoms with Crippen LogP contribution in [0.25, 0.3) is 16.8 Å². The van der Waals surface area contributed by atoms with Crippen molar-refractivity contribution in [2.45, 2.75) is 6.42 Å². The summed E-state index contributed by atoms with van der Waals surface area (Å²) in [5.41, 5.74) is 2.05. The third-order valence-corrected chi connectivity index (χ3v) is 4.03. The molecule has 1 heterocycles. The Bertz CT molecular complexity index is 851. The molecule has 1 amide bonds. The van der Waals surface area contributed by atoms with Crippen LogP contribution in [0.2, 0.25) is 0 Å². The Balaban J connectivity index is 1.66. The molecule has 0 atom stereocenters. The third kappa shape index (κ3) is 3.87. The first-order valence-corrected chi connectivity index (χ1v) is 8.05. The molecular formula is C21H20N2O. The summed E-state index contributed by atoms with van der Waals surface area (Å²) in [5.74, 6) is -0.00105. The molecule has 0 aliphatic rings. The quantitative estimate of drug-likeness (QED) is 0.668. The van der Waals surface area contributed by atoms with Gasteiger partial charge in [-0.15, -0.1) is 0 Å². The van der Waals surface area contributed by atoms with Gasteiger partial charge in [-0.25, -0.2) is 0 Å². The number of carbonyl (C=O) groups excluding carboxylic acids is 1. The fourth-order valence-electron chi connectivity index (χ4n) is 2.62. The lowest BCUT2D eigenvalue weighted by Crippen LogP contribution is -2.27. The summed E-state index contributed by atoms with van der Waals surface area (Å²) < 4.78 is 0. The van der Waals surface area contributed by atoms with Crippen LogP contribution in [0.4, 0.5) is 0 Å². The molecule has 0 radical (unpaired) electrons. The summed E-state index contributed by atoms with van der Waals surface area (Å²) in [6, 6.07) is 20.1. The van der Waals surface area contributed by atoms with Crippen LogP contribution in [-0.2, 0) is 11.2 Å². The van der Waals surface area contributed by atoms with E-state index < -0.39 is 0 Å². The van der Waals surface area contributed by atoms with Crippen molar-refractivity contribution < 1.29 is 4.79 Å². The highest BCUT2D eigenvalue weighted by Crippen LogP contribution is 2.19. The Labute approximate surface area is 142 Å². The van der Waals surface area contributed by atoms with E-state index in [0.717, 1.165) is 23.1 Å². The van der Waals surface area contributed by atoms with Crippen molar-refractivity contribution >= 4 is 22.8 Å². The van der Waals surface area contributed by atoms with Gasteiger partial charge in [0, 0.05) is 38.0 Å². The number of fused-ring (bicyclic) bond motifs is 1. The average Bonchev–Trinajstić information content (AvgIpc) is 2.65. The van der Waals surface area contributed by atoms with Crippen molar-refractivity contribution in [2.75, 3.05) is 13.6 Å². The van der Waals surface area contributed by atoms with E-state index in [2.05, 4.69) is 23.2 Å². The second kappa shape index (κ2) is 7.55. The van der Waals surface area contributed by atoms with Gasteiger partial charge in [0.25, 0.3) is 0 Å². The first-order valence-electron chi connectivity index (χ1n) is 8.05. The van der Waals surface area contributed by atoms with Crippen LogP contribution in [0.5, 0.6) is 0 Å². The van der Waals surface area contributed by atoms with Crippen LogP contribution in [-0.4, -0.2) is 29.4 Å². The lowest BCUT2D eigenvalue weighted by molar-refractivity contribution is -0.124. The van der Waals surface area contributed by atoms with Gasteiger partial charge in [-0.3, -0.25) is 9.78 Å². The van der Waals surface area contributed by atoms with E-state index >= 15 is 0 Å². The van der Waals surface area contributed by atoms with Crippen molar-refractivity contribution in [3.63, 3.8) is 0 Å². The molecule has 0 bridgehead atoms. The Morgan fingerprint density at radius 2 is 1.83 bits per heavy atom. The molecule has 3 heteroatoms. The first kappa shape index (κ1) is 15.9. The van der Waals surface area contributed by atoms with Crippen LogP contribution < -0.4 is 0 Å². The Kier molecular flexibility index (Phi) is 5.02. The van der Waals surface area contributed by atoms with Crippen LogP contribution in [0, 0.1) is 0 Å². The predicted molar refractivity (Wildman–Crippen MR) is 98.6 cm³/mol. The molecule has 0 spiro atoms. The Morgan fingerprint density at radius 1 is 1.04 bits per heavy atom. The van der Waals surface area contributed by atoms with Crippen molar-refractivity contribution in [3.8, 4) is 0 Å². The maximum atomic E-state index is 12.3. The molecular weight excluding hydrogens is 296 g/mol. The zero-order valence-electron chi connectivity index (χ0n) is 13.7. The maximum Gasteiger partial charge on any atom is 0.246 e. The number of carbonyl (C=O) groups is 1. The molecule has 24 heavy (non-hydrogen) atoms. The second-order valence-corrected chi connectivity index (χ2v) is 5.73. The van der Waals surface area contributed by atoms with Gasteiger partial charge in [0.2, 0.25) is 5.91 Å². The summed E-state index contributed by atoms with van der Waals surface area (Å²) in [7, 11) is 1.82. The highest BCUT2D eigenvalue weighted by molar-refractivity contribution is 5.96. The van der Waals surface area contributed by atoms with Gasteiger partial charge >= 0.3 is 0 Å². The molecule has 0 unspecified atom stereocenters. The molecule has 2 aromatic carbocycles. The van der Waals surface area contributed by atoms with Gasteiger partial charge in [-0.1, -0.05) is 48.5 Å². The van der Waals surface area contributed by atoms with Crippen molar-refractivity contribution in [3.05, 3.63) is 84.2 Å². The second-order valence-electron chi connectivity index (χ2n) is 5.73. The van der Waals surface area contributed by atoms with E-state index in [1.807, 2.05) is 55.6 Å². The fourth-order valence-corrected chi connectivity index (χ4v) is 2.62. The molecule has 3 rings (SSSR count). The number of rotatable bonds is 5. The predicted octanol–water partition coefficient (Wildman–Crippen LogP) is 3.95. The molecule has 0 aliphatic heterocycles. The van der Waals surface area contributed by atoms with E-state index in [-0.39, 0.29) is 5.91 Å². The lowest BCUT2D eigenvalue weighted by atomic mass is 10.0. The van der Waals surface area contributed by atoms with Crippen molar-refractivity contribution in [1.29, 1.82) is 0 Å². The van der Waals surface area contributed by atoms with Gasteiger partial charge in [0.1, 0.15) is 0 Å². The average molecular weight is 316 g/mol. The normalized spacial score (nSPS) is 11.0. The number of pyridine rings is 1. The number of amides is 1. The minimum absolute atomic E-state index is 0.00105. The van der Waals surface area contributed by atoms with Crippen LogP contribution in [0.15, 0.2) is 72.9 Å². The molecule has 0 aliphatic carbocycles. The van der Waals surface area contributed by atoms with Gasteiger partial charge in [0.15, 0.2) is 0 Å². The first-order chi connectivity index (χ1) is 11.7. The van der Waals surface area contributed by atoms with Gasteiger partial charge in [-0.05, 0) is 34.5 Å². The summed E-state index contributed by atoms with van der Waals surface area (Å²) >= 11 is 0. The summed E-state index contributed by atoms with van der Waals surface area (Å²) in [6.45, 7) is 0.649. The molecule has 1 aromatic heterocycles. The summed E-state index contributed by atoms with van der Waals surface area (Å²) in [4.78, 5) is 18.3. The summed E-state index contributed by atoms with van der Waals surface area (Å²) in [6.07, 6.45) is 6.06. The SMILES string of the molecule is CN(CCc1ccccn1)C(=O)/C=C/c1cccc2ccccc12. The van der Waals surface area contributed by atoms with Crippen LogP contribution in [0.1, 0.15) is 11.3 Å². The van der Waals surface area contributed by atoms with E-state index in [9.17, 15) is 4.79 Å². The van der Waals surface area contributed by atoms with E-state index in [1.165, 1.54) is 5.39 Å². The molecule has 3 aromatic rings. The largest absolute Gasteiger partial charge is 0.342 e. The monoisotopic (exact) mass is 316 g/mol. The maximum absolute atomic E-state index is 12.3. The topological polar surface area (TPSA) is 33.2 Å².